The van der Waals surface area contributed by atoms with Crippen LogP contribution in [0.1, 0.15) is 43.6 Å². The molecule has 0 radical (unpaired) electrons. The fourth-order valence-electron chi connectivity index (χ4n) is 3.45. The molecule has 3 rings (SSSR count). The molecule has 164 valence electrons. The Bertz CT molecular complexity index is 953. The molecule has 1 heterocycles. The van der Waals surface area contributed by atoms with Crippen LogP contribution < -0.4 is 4.74 Å². The minimum absolute atomic E-state index is 0.472. The number of rotatable bonds is 7. The molecular formula is C24H25ClO6. The smallest absolute Gasteiger partial charge is 0.303 e. The van der Waals surface area contributed by atoms with E-state index >= 15 is 0 Å². The molecule has 0 aliphatic carbocycles. The third-order valence-electron chi connectivity index (χ3n) is 4.75. The van der Waals surface area contributed by atoms with Crippen molar-refractivity contribution < 1.29 is 28.5 Å². The molecular weight excluding hydrogens is 420 g/mol. The van der Waals surface area contributed by atoms with Gasteiger partial charge in [0.05, 0.1) is 12.9 Å². The summed E-state index contributed by atoms with van der Waals surface area (Å²) in [5.74, 6) is -0.149. The van der Waals surface area contributed by atoms with Gasteiger partial charge in [-0.25, -0.2) is 0 Å². The van der Waals surface area contributed by atoms with E-state index in [0.717, 1.165) is 22.4 Å². The summed E-state index contributed by atoms with van der Waals surface area (Å²) in [7, 11) is 0. The molecule has 2 aromatic carbocycles. The topological polar surface area (TPSA) is 71.1 Å². The van der Waals surface area contributed by atoms with Gasteiger partial charge in [-0.05, 0) is 54.3 Å². The number of benzene rings is 2. The molecule has 0 unspecified atom stereocenters. The van der Waals surface area contributed by atoms with Crippen molar-refractivity contribution in [2.75, 3.05) is 6.61 Å². The fourth-order valence-corrected chi connectivity index (χ4v) is 3.63. The largest absolute Gasteiger partial charge is 0.494 e. The van der Waals surface area contributed by atoms with E-state index in [4.69, 9.17) is 30.5 Å². The van der Waals surface area contributed by atoms with Crippen molar-refractivity contribution in [1.29, 1.82) is 0 Å². The average molecular weight is 445 g/mol. The van der Waals surface area contributed by atoms with E-state index in [1.54, 1.807) is 12.1 Å². The van der Waals surface area contributed by atoms with Crippen LogP contribution in [0.2, 0.25) is 5.02 Å². The maximum Gasteiger partial charge on any atom is 0.303 e. The first-order valence-electron chi connectivity index (χ1n) is 10.0. The molecule has 0 amide bonds. The number of carbonyl (C=O) groups excluding carboxylic acids is 2. The highest BCUT2D eigenvalue weighted by atomic mass is 35.5. The molecule has 31 heavy (non-hydrogen) atoms. The van der Waals surface area contributed by atoms with Crippen LogP contribution in [-0.2, 0) is 30.2 Å². The zero-order chi connectivity index (χ0) is 22.4. The highest BCUT2D eigenvalue weighted by Crippen LogP contribution is 2.34. The van der Waals surface area contributed by atoms with E-state index in [1.165, 1.54) is 20.1 Å². The number of hydrogen-bond donors (Lipinski definition) is 0. The monoisotopic (exact) mass is 444 g/mol. The van der Waals surface area contributed by atoms with Crippen LogP contribution in [0, 0.1) is 0 Å². The molecule has 7 heteroatoms. The number of ether oxygens (including phenoxy) is 4. The second-order valence-corrected chi connectivity index (χ2v) is 7.55. The van der Waals surface area contributed by atoms with E-state index in [2.05, 4.69) is 0 Å². The second kappa shape index (κ2) is 10.4. The fraction of sp³-hybridized carbons (Fsp3) is 0.333. The lowest BCUT2D eigenvalue weighted by molar-refractivity contribution is -0.174. The third-order valence-corrected chi connectivity index (χ3v) is 5.12. The number of carbonyl (C=O) groups is 2. The van der Waals surface area contributed by atoms with Crippen LogP contribution in [-0.4, -0.2) is 30.8 Å². The molecule has 0 saturated carbocycles. The first kappa shape index (κ1) is 22.7. The van der Waals surface area contributed by atoms with Gasteiger partial charge in [0, 0.05) is 18.9 Å². The molecule has 1 aliphatic heterocycles. The summed E-state index contributed by atoms with van der Waals surface area (Å²) in [6.07, 6.45) is 1.42. The normalized spacial score (nSPS) is 19.9. The van der Waals surface area contributed by atoms with Gasteiger partial charge in [-0.2, -0.15) is 0 Å². The Morgan fingerprint density at radius 3 is 2.39 bits per heavy atom. The summed E-state index contributed by atoms with van der Waals surface area (Å²) in [6.45, 7) is 5.16. The van der Waals surface area contributed by atoms with Gasteiger partial charge in [-0.1, -0.05) is 35.9 Å². The van der Waals surface area contributed by atoms with Gasteiger partial charge < -0.3 is 18.9 Å². The van der Waals surface area contributed by atoms with Crippen molar-refractivity contribution in [1.82, 2.24) is 0 Å². The van der Waals surface area contributed by atoms with Crippen LogP contribution in [0.3, 0.4) is 0 Å². The van der Waals surface area contributed by atoms with Gasteiger partial charge >= 0.3 is 11.9 Å². The maximum absolute atomic E-state index is 11.7. The summed E-state index contributed by atoms with van der Waals surface area (Å²) in [4.78, 5) is 23.2. The molecule has 0 bridgehead atoms. The minimum atomic E-state index is -0.814. The molecule has 0 saturated heterocycles. The minimum Gasteiger partial charge on any atom is -0.494 e. The summed E-state index contributed by atoms with van der Waals surface area (Å²) in [5.41, 5.74) is 2.73. The standard InChI is InChI=1S/C24H25ClO6/c1-4-28-20-8-5-17(6-9-20)13-19-14-18(7-10-21(19)25)23-24(31-16(3)27)22(11-12-29-23)30-15(2)26/h5-12,14,22-24H,4,13H2,1-3H3/t22-,23-,24+/m0/s1. The van der Waals surface area contributed by atoms with Crippen molar-refractivity contribution in [3.8, 4) is 5.75 Å². The Labute approximate surface area is 186 Å². The predicted molar refractivity (Wildman–Crippen MR) is 116 cm³/mol. The zero-order valence-corrected chi connectivity index (χ0v) is 18.4. The molecule has 0 spiro atoms. The van der Waals surface area contributed by atoms with Gasteiger partial charge in [0.2, 0.25) is 0 Å². The molecule has 0 N–H and O–H groups in total. The quantitative estimate of drug-likeness (QED) is 0.572. The Hall–Kier alpha value is -2.99. The lowest BCUT2D eigenvalue weighted by Gasteiger charge is -2.33. The third kappa shape index (κ3) is 6.01. The van der Waals surface area contributed by atoms with Crippen molar-refractivity contribution in [2.24, 2.45) is 0 Å². The zero-order valence-electron chi connectivity index (χ0n) is 17.7. The Kier molecular flexibility index (Phi) is 7.58. The van der Waals surface area contributed by atoms with E-state index in [-0.39, 0.29) is 0 Å². The van der Waals surface area contributed by atoms with Gasteiger partial charge in [0.25, 0.3) is 0 Å². The maximum atomic E-state index is 11.7. The van der Waals surface area contributed by atoms with Crippen LogP contribution in [0.25, 0.3) is 0 Å². The van der Waals surface area contributed by atoms with Crippen molar-refractivity contribution in [3.63, 3.8) is 0 Å². The summed E-state index contributed by atoms with van der Waals surface area (Å²) in [5, 5.41) is 0.615. The van der Waals surface area contributed by atoms with Crippen LogP contribution >= 0.6 is 11.6 Å². The molecule has 0 aromatic heterocycles. The molecule has 0 fully saturated rings. The highest BCUT2D eigenvalue weighted by molar-refractivity contribution is 6.31. The number of esters is 2. The second-order valence-electron chi connectivity index (χ2n) is 7.14. The molecule has 1 aliphatic rings. The van der Waals surface area contributed by atoms with Crippen molar-refractivity contribution >= 4 is 23.5 Å². The Morgan fingerprint density at radius 1 is 1.03 bits per heavy atom. The average Bonchev–Trinajstić information content (AvgIpc) is 2.72. The van der Waals surface area contributed by atoms with Gasteiger partial charge in [-0.3, -0.25) is 9.59 Å². The summed E-state index contributed by atoms with van der Waals surface area (Å²) >= 11 is 6.45. The van der Waals surface area contributed by atoms with Gasteiger partial charge in [0.1, 0.15) is 5.75 Å². The number of halogens is 1. The van der Waals surface area contributed by atoms with Gasteiger partial charge in [-0.15, -0.1) is 0 Å². The van der Waals surface area contributed by atoms with Crippen LogP contribution in [0.15, 0.2) is 54.8 Å². The van der Waals surface area contributed by atoms with Crippen LogP contribution in [0.4, 0.5) is 0 Å². The predicted octanol–water partition coefficient (Wildman–Crippen LogP) is 4.78. The van der Waals surface area contributed by atoms with E-state index in [0.29, 0.717) is 18.1 Å². The van der Waals surface area contributed by atoms with Crippen LogP contribution in [0.5, 0.6) is 5.75 Å². The first-order valence-corrected chi connectivity index (χ1v) is 10.4. The van der Waals surface area contributed by atoms with E-state index in [9.17, 15) is 9.59 Å². The number of hydrogen-bond acceptors (Lipinski definition) is 6. The summed E-state index contributed by atoms with van der Waals surface area (Å²) in [6, 6.07) is 13.4. The Morgan fingerprint density at radius 2 is 1.74 bits per heavy atom. The van der Waals surface area contributed by atoms with Crippen molar-refractivity contribution in [3.05, 3.63) is 76.5 Å². The molecule has 6 nitrogen and oxygen atoms in total. The molecule has 2 aromatic rings. The summed E-state index contributed by atoms with van der Waals surface area (Å²) < 4.78 is 22.0. The van der Waals surface area contributed by atoms with Gasteiger partial charge in [0.15, 0.2) is 18.3 Å². The lowest BCUT2D eigenvalue weighted by atomic mass is 9.95. The highest BCUT2D eigenvalue weighted by Gasteiger charge is 2.38. The first-order chi connectivity index (χ1) is 14.9. The SMILES string of the molecule is CCOc1ccc(Cc2cc([C@@H]3OC=C[C@H](OC(C)=O)[C@H]3OC(C)=O)ccc2Cl)cc1. The Balaban J connectivity index is 1.86. The lowest BCUT2D eigenvalue weighted by Crippen LogP contribution is -2.40. The van der Waals surface area contributed by atoms with Crippen molar-refractivity contribution in [2.45, 2.75) is 45.5 Å². The van der Waals surface area contributed by atoms with E-state index in [1.807, 2.05) is 43.3 Å². The molecule has 3 atom stereocenters. The van der Waals surface area contributed by atoms with E-state index < -0.39 is 30.3 Å².